The van der Waals surface area contributed by atoms with Gasteiger partial charge in [0.1, 0.15) is 18.4 Å². The molecule has 0 aromatic heterocycles. The maximum absolute atomic E-state index is 13.5. The Bertz CT molecular complexity index is 2270. The highest BCUT2D eigenvalue weighted by atomic mass is 19.4. The molecule has 75 heavy (non-hydrogen) atoms. The maximum Gasteiger partial charge on any atom is 0.434 e. The number of hydrogen-bond acceptors (Lipinski definition) is 11. The smallest absolute Gasteiger partial charge is 0.434 e. The van der Waals surface area contributed by atoms with Gasteiger partial charge in [0.05, 0.1) is 11.1 Å². The molecule has 0 spiro atoms. The SMILES string of the molecule is O=C(O)C1CCCN1c1cc(CN2CCN(C(=O)OC(C(F)(F)F)C(F)(F)F)CC2)cc(C(F)(F)F)c1.O=C(OC(C(F)(F)F)C(F)(F)F)N1CCNCC1.O=Cc1cc(N2CCCC2C(=O)O)cc(C(F)(F)F)c1. The van der Waals surface area contributed by atoms with Crippen LogP contribution in [0.3, 0.4) is 0 Å². The van der Waals surface area contributed by atoms with Crippen LogP contribution in [-0.2, 0) is 38.0 Å². The summed E-state index contributed by atoms with van der Waals surface area (Å²) >= 11 is 0. The van der Waals surface area contributed by atoms with Gasteiger partial charge in [0.25, 0.3) is 12.2 Å². The number of piperazine rings is 2. The van der Waals surface area contributed by atoms with Crippen molar-refractivity contribution in [1.29, 1.82) is 0 Å². The third-order valence-corrected chi connectivity index (χ3v) is 11.5. The van der Waals surface area contributed by atoms with Gasteiger partial charge < -0.3 is 44.6 Å². The summed E-state index contributed by atoms with van der Waals surface area (Å²) in [5.41, 5.74) is -1.71. The molecule has 3 N–H and O–H groups in total. The Morgan fingerprint density at radius 2 is 0.933 bits per heavy atom. The van der Waals surface area contributed by atoms with E-state index >= 15 is 0 Å². The Hall–Kier alpha value is -6.15. The Balaban J connectivity index is 0.000000269. The molecule has 4 aliphatic heterocycles. The molecule has 33 heteroatoms. The van der Waals surface area contributed by atoms with Crippen LogP contribution < -0.4 is 15.1 Å². The van der Waals surface area contributed by atoms with Crippen molar-refractivity contribution in [1.82, 2.24) is 20.0 Å². The van der Waals surface area contributed by atoms with E-state index in [9.17, 15) is 108 Å². The topological polar surface area (TPSA) is 172 Å². The number of carboxylic acid groups (broad SMARTS) is 2. The lowest BCUT2D eigenvalue weighted by Crippen LogP contribution is -2.52. The highest BCUT2D eigenvalue weighted by molar-refractivity contribution is 5.82. The minimum atomic E-state index is -5.86. The number of hydrogen-bond donors (Lipinski definition) is 3. The van der Waals surface area contributed by atoms with Crippen molar-refractivity contribution in [2.24, 2.45) is 0 Å². The fourth-order valence-electron chi connectivity index (χ4n) is 7.98. The first-order chi connectivity index (χ1) is 34.4. The normalized spacial score (nSPS) is 19.3. The van der Waals surface area contributed by atoms with Gasteiger partial charge >= 0.3 is 61.2 Å². The molecule has 0 aliphatic carbocycles. The Labute approximate surface area is 411 Å². The van der Waals surface area contributed by atoms with Crippen LogP contribution in [0.5, 0.6) is 0 Å². The highest BCUT2D eigenvalue weighted by Crippen LogP contribution is 2.40. The number of nitrogens with zero attached hydrogens (tertiary/aromatic N) is 5. The molecule has 15 nitrogen and oxygen atoms in total. The number of aldehydes is 1. The van der Waals surface area contributed by atoms with Gasteiger partial charge in [0, 0.05) is 88.9 Å². The number of anilines is 2. The Morgan fingerprint density at radius 3 is 1.31 bits per heavy atom. The van der Waals surface area contributed by atoms with Crippen LogP contribution in [0.1, 0.15) is 52.7 Å². The van der Waals surface area contributed by atoms with Crippen LogP contribution in [0.4, 0.5) is 100.0 Å². The van der Waals surface area contributed by atoms with Gasteiger partial charge in [-0.2, -0.15) is 79.0 Å². The van der Waals surface area contributed by atoms with E-state index in [2.05, 4.69) is 14.8 Å². The summed E-state index contributed by atoms with van der Waals surface area (Å²) in [4.78, 5) is 62.2. The van der Waals surface area contributed by atoms with Gasteiger partial charge in [0.15, 0.2) is 0 Å². The van der Waals surface area contributed by atoms with Crippen LogP contribution in [-0.4, -0.2) is 170 Å². The van der Waals surface area contributed by atoms with Gasteiger partial charge in [-0.1, -0.05) is 0 Å². The van der Waals surface area contributed by atoms with Crippen LogP contribution >= 0.6 is 0 Å². The van der Waals surface area contributed by atoms with Crippen LogP contribution in [0, 0.1) is 0 Å². The minimum absolute atomic E-state index is 0.00126. The van der Waals surface area contributed by atoms with E-state index < -0.39 is 96.6 Å². The molecule has 2 unspecified atom stereocenters. The van der Waals surface area contributed by atoms with E-state index in [1.54, 1.807) is 4.90 Å². The molecule has 2 amide bonds. The molecular weight excluding hydrogens is 1070 g/mol. The van der Waals surface area contributed by atoms with Crippen molar-refractivity contribution >= 4 is 41.8 Å². The first kappa shape index (κ1) is 61.4. The van der Waals surface area contributed by atoms with E-state index in [4.69, 9.17) is 5.11 Å². The predicted molar refractivity (Wildman–Crippen MR) is 220 cm³/mol. The first-order valence-electron chi connectivity index (χ1n) is 21.9. The van der Waals surface area contributed by atoms with Gasteiger partial charge in [-0.3, -0.25) is 9.69 Å². The largest absolute Gasteiger partial charge is 0.480 e. The number of aliphatic carboxylic acids is 2. The fraction of sp³-hybridized carbons (Fsp3) is 0.595. The second kappa shape index (κ2) is 24.2. The summed E-state index contributed by atoms with van der Waals surface area (Å²) in [5.74, 6) is -2.25. The highest BCUT2D eigenvalue weighted by Gasteiger charge is 2.61. The third-order valence-electron chi connectivity index (χ3n) is 11.5. The summed E-state index contributed by atoms with van der Waals surface area (Å²) < 4.78 is 235. The molecule has 2 atom stereocenters. The molecule has 4 aliphatic rings. The number of nitrogens with one attached hydrogen (secondary N) is 1. The van der Waals surface area contributed by atoms with Crippen LogP contribution in [0.25, 0.3) is 0 Å². The van der Waals surface area contributed by atoms with Gasteiger partial charge in [-0.05, 0) is 67.6 Å². The Kier molecular flexibility index (Phi) is 19.8. The molecule has 2 aromatic rings. The van der Waals surface area contributed by atoms with E-state index in [1.807, 2.05) is 0 Å². The van der Waals surface area contributed by atoms with Gasteiger partial charge in [0.2, 0.25) is 0 Å². The average Bonchev–Trinajstić information content (AvgIpc) is 4.01. The quantitative estimate of drug-likeness (QED) is 0.161. The zero-order chi connectivity index (χ0) is 56.6. The van der Waals surface area contributed by atoms with Crippen LogP contribution in [0.2, 0.25) is 0 Å². The molecule has 0 bridgehead atoms. The molecule has 0 saturated carbocycles. The molecule has 4 fully saturated rings. The monoisotopic (exact) mass is 1120 g/mol. The number of carbonyl (C=O) groups is 5. The molecule has 0 radical (unpaired) electrons. The van der Waals surface area contributed by atoms with E-state index in [0.717, 1.165) is 29.2 Å². The molecule has 4 heterocycles. The lowest BCUT2D eigenvalue weighted by molar-refractivity contribution is -0.309. The number of halogens is 18. The maximum atomic E-state index is 13.5. The second-order valence-corrected chi connectivity index (χ2v) is 16.9. The summed E-state index contributed by atoms with van der Waals surface area (Å²) in [7, 11) is 0. The van der Waals surface area contributed by atoms with E-state index in [1.165, 1.54) is 21.9 Å². The standard InChI is InChI=1S/C21H22F9N3O4.C13H12F3NO3.C8H10F6N2O2/c22-19(23,24)13-8-12(9-14(10-13)33-3-1-2-15(33)16(34)35)11-31-4-6-32(7-5-31)18(36)37-17(20(25,26)27)21(28,29)30;14-13(15,16)9-4-8(7-18)5-10(6-9)17-3-1-2-11(17)12(19)20;9-7(10,11)5(8(12,13)14)18-6(17)16-3-1-15-2-4-16/h8-10,15,17H,1-7,11H2,(H,34,35);4-7,11H,1-3H2,(H,19,20);5,15H,1-4H2. The molecule has 422 valence electrons. The summed E-state index contributed by atoms with van der Waals surface area (Å²) in [5, 5.41) is 21.2. The zero-order valence-electron chi connectivity index (χ0n) is 38.2. The number of benzene rings is 2. The number of ether oxygens (including phenoxy) is 2. The molecular formula is C42H44F18N6O9. The number of carboxylic acids is 2. The number of amides is 2. The number of rotatable bonds is 9. The lowest BCUT2D eigenvalue weighted by atomic mass is 10.1. The van der Waals surface area contributed by atoms with Gasteiger partial charge in [-0.15, -0.1) is 0 Å². The Morgan fingerprint density at radius 1 is 0.547 bits per heavy atom. The first-order valence-corrected chi connectivity index (χ1v) is 21.9. The summed E-state index contributed by atoms with van der Waals surface area (Å²) in [6.07, 6.45) is -42.1. The predicted octanol–water partition coefficient (Wildman–Crippen LogP) is 8.60. The fourth-order valence-corrected chi connectivity index (χ4v) is 7.98. The second-order valence-electron chi connectivity index (χ2n) is 16.9. The average molecular weight is 1120 g/mol. The number of carbonyl (C=O) groups excluding carboxylic acids is 3. The van der Waals surface area contributed by atoms with Crippen molar-refractivity contribution in [3.05, 3.63) is 58.7 Å². The molecule has 4 saturated heterocycles. The zero-order valence-corrected chi connectivity index (χ0v) is 38.2. The van der Waals surface area contributed by atoms with Crippen molar-refractivity contribution < 1.29 is 123 Å². The van der Waals surface area contributed by atoms with Crippen molar-refractivity contribution in [3.8, 4) is 0 Å². The number of alkyl halides is 18. The van der Waals surface area contributed by atoms with E-state index in [-0.39, 0.29) is 94.4 Å². The van der Waals surface area contributed by atoms with Gasteiger partial charge in [-0.25, -0.2) is 19.2 Å². The van der Waals surface area contributed by atoms with Crippen molar-refractivity contribution in [2.45, 2.75) is 93.6 Å². The molecule has 2 aromatic carbocycles. The van der Waals surface area contributed by atoms with E-state index in [0.29, 0.717) is 37.0 Å². The van der Waals surface area contributed by atoms with Crippen molar-refractivity contribution in [3.63, 3.8) is 0 Å². The lowest BCUT2D eigenvalue weighted by Gasteiger charge is -2.35. The minimum Gasteiger partial charge on any atom is -0.480 e. The van der Waals surface area contributed by atoms with Crippen LogP contribution in [0.15, 0.2) is 36.4 Å². The summed E-state index contributed by atoms with van der Waals surface area (Å²) in [6.45, 7) is 0.333. The molecule has 6 rings (SSSR count). The third kappa shape index (κ3) is 17.4. The van der Waals surface area contributed by atoms with Crippen molar-refractivity contribution in [2.75, 3.05) is 75.2 Å². The summed E-state index contributed by atoms with van der Waals surface area (Å²) in [6, 6.07) is 4.24.